The van der Waals surface area contributed by atoms with Crippen LogP contribution >= 0.6 is 15.9 Å². The van der Waals surface area contributed by atoms with E-state index < -0.39 is 0 Å². The standard InChI is InChI=1S/C24H31BrN2O/c1-3-12-26(13-4-2)19-14-18-16-27(24(28)17-8-6-5-7-9-17)22-11-10-21(25)20(15-19)23(18)22/h5-11,15,18,20-23H,3-4,12-14,16H2,1-2H3. The highest BCUT2D eigenvalue weighted by Gasteiger charge is 2.51. The fraction of sp³-hybridized carbons (Fsp3) is 0.542. The normalized spacial score (nSPS) is 30.8. The SMILES string of the molecule is CCCN(CCC)C1=CC2C(Br)C=CC3C2C(C1)CN3C(=O)c1ccccc1. The summed E-state index contributed by atoms with van der Waals surface area (Å²) in [7, 11) is 0. The van der Waals surface area contributed by atoms with Crippen LogP contribution in [0.4, 0.5) is 0 Å². The van der Waals surface area contributed by atoms with Gasteiger partial charge >= 0.3 is 0 Å². The van der Waals surface area contributed by atoms with Gasteiger partial charge in [0, 0.05) is 41.6 Å². The van der Waals surface area contributed by atoms with Gasteiger partial charge in [0.05, 0.1) is 6.04 Å². The number of hydrogen-bond donors (Lipinski definition) is 0. The van der Waals surface area contributed by atoms with Crippen LogP contribution in [0, 0.1) is 17.8 Å². The van der Waals surface area contributed by atoms with Gasteiger partial charge < -0.3 is 9.80 Å². The lowest BCUT2D eigenvalue weighted by Gasteiger charge is -2.42. The van der Waals surface area contributed by atoms with Gasteiger partial charge in [0.1, 0.15) is 0 Å². The second kappa shape index (κ2) is 8.44. The molecule has 0 saturated carbocycles. The smallest absolute Gasteiger partial charge is 0.254 e. The van der Waals surface area contributed by atoms with Crippen molar-refractivity contribution in [2.45, 2.75) is 44.0 Å². The summed E-state index contributed by atoms with van der Waals surface area (Å²) in [6.45, 7) is 7.65. The topological polar surface area (TPSA) is 23.6 Å². The van der Waals surface area contributed by atoms with E-state index in [1.54, 1.807) is 0 Å². The zero-order valence-electron chi connectivity index (χ0n) is 16.9. The highest BCUT2D eigenvalue weighted by molar-refractivity contribution is 9.09. The van der Waals surface area contributed by atoms with Crippen molar-refractivity contribution in [1.82, 2.24) is 9.80 Å². The Morgan fingerprint density at radius 2 is 1.86 bits per heavy atom. The number of hydrogen-bond acceptors (Lipinski definition) is 2. The molecule has 3 aliphatic rings. The fourth-order valence-corrected chi connectivity index (χ4v) is 6.10. The molecule has 4 heteroatoms. The third-order valence-electron chi connectivity index (χ3n) is 6.57. The molecule has 1 heterocycles. The second-order valence-corrected chi connectivity index (χ2v) is 9.46. The molecule has 5 atom stereocenters. The van der Waals surface area contributed by atoms with E-state index in [1.807, 2.05) is 30.3 Å². The lowest BCUT2D eigenvalue weighted by molar-refractivity contribution is 0.0740. The first-order valence-corrected chi connectivity index (χ1v) is 11.7. The minimum atomic E-state index is 0.178. The Hall–Kier alpha value is -1.55. The monoisotopic (exact) mass is 442 g/mol. The molecular formula is C24H31BrN2O. The van der Waals surface area contributed by atoms with E-state index in [9.17, 15) is 4.79 Å². The van der Waals surface area contributed by atoms with Crippen LogP contribution in [0.5, 0.6) is 0 Å². The van der Waals surface area contributed by atoms with E-state index in [0.29, 0.717) is 22.6 Å². The number of amides is 1. The summed E-state index contributed by atoms with van der Waals surface area (Å²) in [6, 6.07) is 9.98. The maximum atomic E-state index is 13.2. The summed E-state index contributed by atoms with van der Waals surface area (Å²) in [5.41, 5.74) is 2.31. The molecule has 0 spiro atoms. The Bertz CT molecular complexity index is 753. The maximum absolute atomic E-state index is 13.2. The molecule has 1 amide bonds. The van der Waals surface area contributed by atoms with Gasteiger partial charge in [0.25, 0.3) is 5.91 Å². The van der Waals surface area contributed by atoms with Crippen molar-refractivity contribution in [3.8, 4) is 0 Å². The van der Waals surface area contributed by atoms with Crippen LogP contribution < -0.4 is 0 Å². The average Bonchev–Trinajstić information content (AvgIpc) is 3.09. The minimum Gasteiger partial charge on any atom is -0.375 e. The molecule has 1 aromatic carbocycles. The number of allylic oxidation sites excluding steroid dienone is 3. The van der Waals surface area contributed by atoms with Crippen LogP contribution in [0.15, 0.2) is 54.3 Å². The van der Waals surface area contributed by atoms with Crippen molar-refractivity contribution >= 4 is 21.8 Å². The quantitative estimate of drug-likeness (QED) is 0.451. The Morgan fingerprint density at radius 3 is 2.54 bits per heavy atom. The number of rotatable bonds is 6. The van der Waals surface area contributed by atoms with Crippen LogP contribution in [0.2, 0.25) is 0 Å². The molecule has 2 aliphatic carbocycles. The van der Waals surface area contributed by atoms with Crippen molar-refractivity contribution in [3.05, 3.63) is 59.8 Å². The van der Waals surface area contributed by atoms with Gasteiger partial charge in [-0.15, -0.1) is 0 Å². The third kappa shape index (κ3) is 3.56. The number of benzene rings is 1. The summed E-state index contributed by atoms with van der Waals surface area (Å²) >= 11 is 3.92. The Balaban J connectivity index is 1.62. The van der Waals surface area contributed by atoms with Gasteiger partial charge in [-0.1, -0.05) is 66.2 Å². The maximum Gasteiger partial charge on any atom is 0.254 e. The zero-order valence-corrected chi connectivity index (χ0v) is 18.5. The van der Waals surface area contributed by atoms with Gasteiger partial charge in [-0.05, 0) is 43.2 Å². The Kier molecular flexibility index (Phi) is 5.96. The van der Waals surface area contributed by atoms with Crippen molar-refractivity contribution in [1.29, 1.82) is 0 Å². The lowest BCUT2D eigenvalue weighted by atomic mass is 9.70. The van der Waals surface area contributed by atoms with Crippen molar-refractivity contribution < 1.29 is 4.79 Å². The van der Waals surface area contributed by atoms with Crippen LogP contribution in [0.25, 0.3) is 0 Å². The molecule has 0 radical (unpaired) electrons. The van der Waals surface area contributed by atoms with E-state index in [2.05, 4.69) is 57.8 Å². The predicted molar refractivity (Wildman–Crippen MR) is 118 cm³/mol. The molecule has 28 heavy (non-hydrogen) atoms. The molecule has 0 aromatic heterocycles. The van der Waals surface area contributed by atoms with Gasteiger partial charge in [0.15, 0.2) is 0 Å². The molecule has 4 rings (SSSR count). The van der Waals surface area contributed by atoms with Crippen LogP contribution in [-0.2, 0) is 0 Å². The second-order valence-electron chi connectivity index (χ2n) is 8.41. The minimum absolute atomic E-state index is 0.178. The summed E-state index contributed by atoms with van der Waals surface area (Å²) in [5.74, 6) is 1.71. The predicted octanol–water partition coefficient (Wildman–Crippen LogP) is 5.10. The number of likely N-dealkylation sites (tertiary alicyclic amines) is 1. The summed E-state index contributed by atoms with van der Waals surface area (Å²) in [4.78, 5) is 18.3. The van der Waals surface area contributed by atoms with Crippen LogP contribution in [0.3, 0.4) is 0 Å². The van der Waals surface area contributed by atoms with E-state index in [4.69, 9.17) is 0 Å². The third-order valence-corrected chi connectivity index (χ3v) is 7.48. The molecule has 150 valence electrons. The summed E-state index contributed by atoms with van der Waals surface area (Å²) < 4.78 is 0. The first-order chi connectivity index (χ1) is 13.6. The van der Waals surface area contributed by atoms with E-state index in [-0.39, 0.29) is 11.9 Å². The van der Waals surface area contributed by atoms with Gasteiger partial charge in [-0.2, -0.15) is 0 Å². The highest BCUT2D eigenvalue weighted by atomic mass is 79.9. The number of nitrogens with zero attached hydrogens (tertiary/aromatic N) is 2. The zero-order chi connectivity index (χ0) is 19.7. The summed E-state index contributed by atoms with van der Waals surface area (Å²) in [6.07, 6.45) is 10.5. The lowest BCUT2D eigenvalue weighted by Crippen LogP contribution is -2.43. The molecule has 1 aliphatic heterocycles. The molecule has 1 saturated heterocycles. The van der Waals surface area contributed by atoms with Gasteiger partial charge in [-0.25, -0.2) is 0 Å². The largest absolute Gasteiger partial charge is 0.375 e. The highest BCUT2D eigenvalue weighted by Crippen LogP contribution is 2.49. The van der Waals surface area contributed by atoms with Crippen molar-refractivity contribution in [2.75, 3.05) is 19.6 Å². The molecule has 0 N–H and O–H groups in total. The molecule has 1 aromatic rings. The summed E-state index contributed by atoms with van der Waals surface area (Å²) in [5, 5.41) is 0. The van der Waals surface area contributed by atoms with Gasteiger partial charge in [0.2, 0.25) is 0 Å². The number of halogens is 1. The molecule has 0 bridgehead atoms. The molecule has 1 fully saturated rings. The Morgan fingerprint density at radius 1 is 1.14 bits per heavy atom. The van der Waals surface area contributed by atoms with E-state index in [0.717, 1.165) is 31.6 Å². The molecule has 5 unspecified atom stereocenters. The number of carbonyl (C=O) groups excluding carboxylic acids is 1. The van der Waals surface area contributed by atoms with Crippen LogP contribution in [-0.4, -0.2) is 46.2 Å². The fourth-order valence-electron chi connectivity index (χ4n) is 5.42. The molecular weight excluding hydrogens is 412 g/mol. The van der Waals surface area contributed by atoms with E-state index >= 15 is 0 Å². The first-order valence-electron chi connectivity index (χ1n) is 10.8. The van der Waals surface area contributed by atoms with Crippen LogP contribution in [0.1, 0.15) is 43.5 Å². The number of alkyl halides is 1. The first kappa shape index (κ1) is 19.8. The van der Waals surface area contributed by atoms with E-state index in [1.165, 1.54) is 18.5 Å². The average molecular weight is 443 g/mol. The van der Waals surface area contributed by atoms with Crippen molar-refractivity contribution in [3.63, 3.8) is 0 Å². The molecule has 3 nitrogen and oxygen atoms in total. The Labute approximate surface area is 177 Å². The van der Waals surface area contributed by atoms with Gasteiger partial charge in [-0.3, -0.25) is 4.79 Å². The number of carbonyl (C=O) groups is 1. The van der Waals surface area contributed by atoms with Crippen molar-refractivity contribution in [2.24, 2.45) is 17.8 Å².